The molecular formula is C11H15N3O2. The zero-order valence-electron chi connectivity index (χ0n) is 9.46. The predicted molar refractivity (Wildman–Crippen MR) is 58.7 cm³/mol. The first-order chi connectivity index (χ1) is 7.66. The first-order valence-corrected chi connectivity index (χ1v) is 5.26. The summed E-state index contributed by atoms with van der Waals surface area (Å²) < 4.78 is 4.91. The van der Waals surface area contributed by atoms with Crippen LogP contribution >= 0.6 is 0 Å². The molecule has 5 nitrogen and oxygen atoms in total. The first-order valence-electron chi connectivity index (χ1n) is 5.26. The quantitative estimate of drug-likeness (QED) is 0.730. The molecule has 0 aromatic carbocycles. The van der Waals surface area contributed by atoms with Gasteiger partial charge in [-0.2, -0.15) is 0 Å². The van der Waals surface area contributed by atoms with Crippen LogP contribution in [-0.2, 0) is 11.3 Å². The monoisotopic (exact) mass is 221 g/mol. The number of aromatic nitrogens is 1. The van der Waals surface area contributed by atoms with Gasteiger partial charge in [-0.25, -0.2) is 0 Å². The summed E-state index contributed by atoms with van der Waals surface area (Å²) in [6, 6.07) is 1.81. The van der Waals surface area contributed by atoms with Crippen molar-refractivity contribution in [2.45, 2.75) is 20.4 Å². The number of hydrogen-bond donors (Lipinski definition) is 2. The van der Waals surface area contributed by atoms with Gasteiger partial charge in [0.2, 0.25) is 5.91 Å². The van der Waals surface area contributed by atoms with Crippen molar-refractivity contribution in [1.29, 1.82) is 0 Å². The summed E-state index contributed by atoms with van der Waals surface area (Å²) in [6.45, 7) is 5.73. The fraction of sp³-hybridized carbons (Fsp3) is 0.455. The Kier molecular flexibility index (Phi) is 3.05. The number of hydrogen-bond acceptors (Lipinski definition) is 4. The maximum absolute atomic E-state index is 11.7. The van der Waals surface area contributed by atoms with E-state index in [1.807, 2.05) is 19.9 Å². The number of carbonyl (C=O) groups is 1. The zero-order chi connectivity index (χ0) is 11.5. The van der Waals surface area contributed by atoms with Crippen LogP contribution in [0.25, 0.3) is 0 Å². The Morgan fingerprint density at radius 3 is 2.88 bits per heavy atom. The van der Waals surface area contributed by atoms with Gasteiger partial charge in [-0.15, -0.1) is 0 Å². The van der Waals surface area contributed by atoms with Gasteiger partial charge in [0.15, 0.2) is 0 Å². The van der Waals surface area contributed by atoms with Crippen LogP contribution in [-0.4, -0.2) is 24.2 Å². The summed E-state index contributed by atoms with van der Waals surface area (Å²) in [5.74, 6) is 0.722. The standard InChI is InChI=1S/C11H15N3O2/c1-7-3-10(14-16-7)6-13-11(15)8(2)9-4-12-5-9/h3,12H,4-6H2,1-2H3,(H,13,15). The van der Waals surface area contributed by atoms with Crippen LogP contribution in [0.4, 0.5) is 0 Å². The largest absolute Gasteiger partial charge is 0.361 e. The Morgan fingerprint density at radius 2 is 2.38 bits per heavy atom. The van der Waals surface area contributed by atoms with E-state index in [-0.39, 0.29) is 5.91 Å². The molecule has 0 atom stereocenters. The SMILES string of the molecule is CC(C(=O)NCc1cc(C)on1)=C1CNC1. The van der Waals surface area contributed by atoms with Crippen molar-refractivity contribution in [3.05, 3.63) is 28.7 Å². The number of nitrogens with zero attached hydrogens (tertiary/aromatic N) is 1. The van der Waals surface area contributed by atoms with Crippen LogP contribution in [0.2, 0.25) is 0 Å². The Labute approximate surface area is 93.9 Å². The van der Waals surface area contributed by atoms with Gasteiger partial charge in [0.25, 0.3) is 0 Å². The molecule has 2 N–H and O–H groups in total. The number of amides is 1. The number of rotatable bonds is 3. The molecular weight excluding hydrogens is 206 g/mol. The highest BCUT2D eigenvalue weighted by molar-refractivity contribution is 5.93. The lowest BCUT2D eigenvalue weighted by atomic mass is 10.0. The molecule has 1 amide bonds. The minimum atomic E-state index is -0.0304. The first kappa shape index (κ1) is 10.9. The van der Waals surface area contributed by atoms with E-state index < -0.39 is 0 Å². The Bertz CT molecular complexity index is 428. The van der Waals surface area contributed by atoms with Crippen molar-refractivity contribution in [3.63, 3.8) is 0 Å². The van der Waals surface area contributed by atoms with Crippen LogP contribution in [0.3, 0.4) is 0 Å². The van der Waals surface area contributed by atoms with Crippen LogP contribution in [0.1, 0.15) is 18.4 Å². The van der Waals surface area contributed by atoms with Crippen LogP contribution in [0.15, 0.2) is 21.7 Å². The molecule has 1 aromatic rings. The van der Waals surface area contributed by atoms with E-state index in [9.17, 15) is 4.79 Å². The Balaban J connectivity index is 1.88. The molecule has 1 fully saturated rings. The highest BCUT2D eigenvalue weighted by Crippen LogP contribution is 2.09. The van der Waals surface area contributed by atoms with Crippen molar-refractivity contribution in [2.75, 3.05) is 13.1 Å². The molecule has 1 aliphatic heterocycles. The second-order valence-corrected chi connectivity index (χ2v) is 3.94. The van der Waals surface area contributed by atoms with E-state index in [1.165, 1.54) is 5.57 Å². The molecule has 0 unspecified atom stereocenters. The van der Waals surface area contributed by atoms with Crippen LogP contribution < -0.4 is 10.6 Å². The lowest BCUT2D eigenvalue weighted by Crippen LogP contribution is -2.37. The second-order valence-electron chi connectivity index (χ2n) is 3.94. The fourth-order valence-electron chi connectivity index (χ4n) is 1.48. The molecule has 16 heavy (non-hydrogen) atoms. The third kappa shape index (κ3) is 2.30. The number of nitrogens with one attached hydrogen (secondary N) is 2. The second kappa shape index (κ2) is 4.49. The minimum absolute atomic E-state index is 0.0304. The van der Waals surface area contributed by atoms with Crippen molar-refractivity contribution >= 4 is 5.91 Å². The van der Waals surface area contributed by atoms with E-state index in [0.717, 1.165) is 30.1 Å². The fourth-order valence-corrected chi connectivity index (χ4v) is 1.48. The number of aryl methyl sites for hydroxylation is 1. The zero-order valence-corrected chi connectivity index (χ0v) is 9.46. The predicted octanol–water partition coefficient (Wildman–Crippen LogP) is 0.519. The summed E-state index contributed by atoms with van der Waals surface area (Å²) >= 11 is 0. The summed E-state index contributed by atoms with van der Waals surface area (Å²) in [5, 5.41) is 9.73. The minimum Gasteiger partial charge on any atom is -0.361 e. The van der Waals surface area contributed by atoms with E-state index in [2.05, 4.69) is 15.8 Å². The molecule has 0 bridgehead atoms. The molecule has 2 heterocycles. The van der Waals surface area contributed by atoms with Gasteiger partial charge in [-0.3, -0.25) is 4.79 Å². The maximum Gasteiger partial charge on any atom is 0.247 e. The smallest absolute Gasteiger partial charge is 0.247 e. The van der Waals surface area contributed by atoms with Crippen molar-refractivity contribution in [2.24, 2.45) is 0 Å². The van der Waals surface area contributed by atoms with Crippen molar-refractivity contribution < 1.29 is 9.32 Å². The maximum atomic E-state index is 11.7. The lowest BCUT2D eigenvalue weighted by molar-refractivity contribution is -0.117. The molecule has 5 heteroatoms. The summed E-state index contributed by atoms with van der Waals surface area (Å²) in [6.07, 6.45) is 0. The van der Waals surface area contributed by atoms with Crippen molar-refractivity contribution in [1.82, 2.24) is 15.8 Å². The molecule has 0 saturated carbocycles. The van der Waals surface area contributed by atoms with Crippen LogP contribution in [0, 0.1) is 6.92 Å². The molecule has 86 valence electrons. The van der Waals surface area contributed by atoms with Gasteiger partial charge in [0.1, 0.15) is 11.5 Å². The van der Waals surface area contributed by atoms with E-state index in [1.54, 1.807) is 0 Å². The van der Waals surface area contributed by atoms with E-state index in [0.29, 0.717) is 6.54 Å². The molecule has 2 rings (SSSR count). The average molecular weight is 221 g/mol. The Hall–Kier alpha value is -1.62. The normalized spacial score (nSPS) is 14.5. The van der Waals surface area contributed by atoms with Gasteiger partial charge >= 0.3 is 0 Å². The van der Waals surface area contributed by atoms with Crippen molar-refractivity contribution in [3.8, 4) is 0 Å². The highest BCUT2D eigenvalue weighted by Gasteiger charge is 2.15. The summed E-state index contributed by atoms with van der Waals surface area (Å²) in [4.78, 5) is 11.7. The van der Waals surface area contributed by atoms with Gasteiger partial charge in [0, 0.05) is 24.7 Å². The molecule has 0 aliphatic carbocycles. The summed E-state index contributed by atoms with van der Waals surface area (Å²) in [7, 11) is 0. The highest BCUT2D eigenvalue weighted by atomic mass is 16.5. The average Bonchev–Trinajstić information content (AvgIpc) is 2.58. The van der Waals surface area contributed by atoms with Gasteiger partial charge < -0.3 is 15.2 Å². The van der Waals surface area contributed by atoms with Gasteiger partial charge in [-0.1, -0.05) is 5.16 Å². The Morgan fingerprint density at radius 1 is 1.62 bits per heavy atom. The molecule has 0 radical (unpaired) electrons. The van der Waals surface area contributed by atoms with Gasteiger partial charge in [-0.05, 0) is 19.4 Å². The van der Waals surface area contributed by atoms with Crippen LogP contribution in [0.5, 0.6) is 0 Å². The molecule has 1 aromatic heterocycles. The lowest BCUT2D eigenvalue weighted by Gasteiger charge is -2.21. The third-order valence-corrected chi connectivity index (χ3v) is 2.65. The molecule has 1 saturated heterocycles. The molecule has 1 aliphatic rings. The van der Waals surface area contributed by atoms with Gasteiger partial charge in [0.05, 0.1) is 6.54 Å². The molecule has 0 spiro atoms. The topological polar surface area (TPSA) is 67.2 Å². The van der Waals surface area contributed by atoms with E-state index in [4.69, 9.17) is 4.52 Å². The van der Waals surface area contributed by atoms with E-state index >= 15 is 0 Å². The number of carbonyl (C=O) groups excluding carboxylic acids is 1. The summed E-state index contributed by atoms with van der Waals surface area (Å²) in [5.41, 5.74) is 2.73. The third-order valence-electron chi connectivity index (χ3n) is 2.65.